The molecule has 0 unspecified atom stereocenters. The molecule has 0 aromatic heterocycles. The van der Waals surface area contributed by atoms with E-state index in [-0.39, 0.29) is 21.9 Å². The molecule has 1 fully saturated rings. The zero-order valence-electron chi connectivity index (χ0n) is 32.7. The number of rotatable bonds is 8. The SMILES string of the molecule is CC(C)c1cccc(C(C)C)c1[N+]1=C([Si]2([Se-])[Se][Si]([Se-])(C3=[N+](c4c(C(C)C)cccc4C(C)C)C(C)(C)CC3(C)C)[Se]2)C(C)(C)CC1(C)C. The van der Waals surface area contributed by atoms with Gasteiger partial charge in [0.2, 0.25) is 0 Å². The third-order valence-corrected chi connectivity index (χ3v) is 111. The monoisotopic (exact) mass is 946 g/mol. The predicted octanol–water partition coefficient (Wildman–Crippen LogP) is 9.18. The molecule has 3 aliphatic rings. The van der Waals surface area contributed by atoms with Crippen LogP contribution in [-0.4, -0.2) is 96.8 Å². The van der Waals surface area contributed by atoms with Gasteiger partial charge in [-0.3, -0.25) is 0 Å². The molecule has 0 atom stereocenters. The summed E-state index contributed by atoms with van der Waals surface area (Å²) < 4.78 is 2.26. The normalized spacial score (nSPS) is 27.6. The van der Waals surface area contributed by atoms with Crippen LogP contribution in [0.15, 0.2) is 36.4 Å². The Bertz CT molecular complexity index is 1500. The summed E-state index contributed by atoms with van der Waals surface area (Å²) in [5.41, 5.74) is 9.73. The maximum atomic E-state index is 4.16. The molecule has 0 bridgehead atoms. The van der Waals surface area contributed by atoms with Gasteiger partial charge in [-0.15, -0.1) is 0 Å². The molecule has 0 saturated carbocycles. The zero-order chi connectivity index (χ0) is 36.2. The molecule has 1 saturated heterocycles. The standard InChI is InChI=1S/C40H62N2Se4Si2/c1-25(2)29-19-17-20-30(26(3)4)33(29)41-35(37(9,10)23-39(41,13)14)47(43)45-48(44,46-47)36-38(11,12)24-40(15,16)42(36)34-31(27(5)6)21-18-22-32(34)28(7)8/h17-22,25-28H,23-24H2,1-16H3. The van der Waals surface area contributed by atoms with Gasteiger partial charge >= 0.3 is 325 Å². The van der Waals surface area contributed by atoms with Crippen molar-refractivity contribution >= 4 is 87.9 Å². The van der Waals surface area contributed by atoms with Crippen LogP contribution in [0.5, 0.6) is 0 Å². The maximum absolute atomic E-state index is 4.16. The van der Waals surface area contributed by atoms with Gasteiger partial charge in [0, 0.05) is 0 Å². The molecule has 0 spiro atoms. The van der Waals surface area contributed by atoms with E-state index in [2.05, 4.69) is 187 Å². The van der Waals surface area contributed by atoms with Gasteiger partial charge in [-0.2, -0.15) is 0 Å². The number of hydrogen-bond acceptors (Lipinski definition) is 0. The van der Waals surface area contributed by atoms with Crippen LogP contribution in [0.3, 0.4) is 0 Å². The van der Waals surface area contributed by atoms with Crippen molar-refractivity contribution in [1.82, 2.24) is 0 Å². The number of para-hydroxylation sites is 2. The van der Waals surface area contributed by atoms with E-state index in [0.29, 0.717) is 51.0 Å². The minimum atomic E-state index is -1.84. The van der Waals surface area contributed by atoms with Gasteiger partial charge in [-0.05, 0) is 0 Å². The summed E-state index contributed by atoms with van der Waals surface area (Å²) in [7, 11) is 0. The second-order valence-electron chi connectivity index (χ2n) is 18.6. The topological polar surface area (TPSA) is 6.02 Å². The van der Waals surface area contributed by atoms with Crippen molar-refractivity contribution in [1.29, 1.82) is 0 Å². The molecular weight excluding hydrogens is 880 g/mol. The van der Waals surface area contributed by atoms with Gasteiger partial charge in [0.1, 0.15) is 0 Å². The number of nitrogens with zero attached hydrogens (tertiary/aromatic N) is 2. The Morgan fingerprint density at radius 1 is 0.521 bits per heavy atom. The Kier molecular flexibility index (Phi) is 10.7. The summed E-state index contributed by atoms with van der Waals surface area (Å²) in [5.74, 6) is 1.96. The van der Waals surface area contributed by atoms with Gasteiger partial charge in [-0.1, -0.05) is 0 Å². The Hall–Kier alpha value is 0.292. The minimum absolute atomic E-state index is 0.0803. The molecule has 2 nitrogen and oxygen atoms in total. The summed E-state index contributed by atoms with van der Waals surface area (Å²) in [4.78, 5) is 0. The Balaban J connectivity index is 1.78. The van der Waals surface area contributed by atoms with Crippen molar-refractivity contribution in [3.8, 4) is 0 Å². The molecule has 0 N–H and O–H groups in total. The zero-order valence-corrected chi connectivity index (χ0v) is 41.6. The fourth-order valence-electron chi connectivity index (χ4n) is 9.73. The van der Waals surface area contributed by atoms with Crippen LogP contribution in [0.2, 0.25) is 0 Å². The van der Waals surface area contributed by atoms with Crippen LogP contribution < -0.4 is 0 Å². The van der Waals surface area contributed by atoms with Crippen LogP contribution in [0.4, 0.5) is 11.4 Å². The number of hydrogen-bond donors (Lipinski definition) is 0. The van der Waals surface area contributed by atoms with Crippen molar-refractivity contribution in [2.24, 2.45) is 10.8 Å². The van der Waals surface area contributed by atoms with E-state index in [1.807, 2.05) is 10.7 Å². The van der Waals surface area contributed by atoms with Crippen molar-refractivity contribution in [3.63, 3.8) is 0 Å². The van der Waals surface area contributed by atoms with Crippen molar-refractivity contribution in [2.75, 3.05) is 0 Å². The van der Waals surface area contributed by atoms with E-state index in [9.17, 15) is 0 Å². The summed E-state index contributed by atoms with van der Waals surface area (Å²) in [6.45, 7) is 39.7. The van der Waals surface area contributed by atoms with E-state index in [0.717, 1.165) is 0 Å². The molecule has 5 rings (SSSR count). The predicted molar refractivity (Wildman–Crippen MR) is 219 cm³/mol. The third kappa shape index (κ3) is 6.56. The Morgan fingerprint density at radius 2 is 0.771 bits per heavy atom. The molecule has 2 aromatic rings. The molecule has 3 heterocycles. The average molecular weight is 943 g/mol. The van der Waals surface area contributed by atoms with Gasteiger partial charge < -0.3 is 0 Å². The first-order valence-electron chi connectivity index (χ1n) is 18.2. The molecule has 2 aromatic carbocycles. The van der Waals surface area contributed by atoms with Gasteiger partial charge in [0.05, 0.1) is 0 Å². The molecule has 0 aliphatic carbocycles. The van der Waals surface area contributed by atoms with Gasteiger partial charge in [0.15, 0.2) is 0 Å². The van der Waals surface area contributed by atoms with Gasteiger partial charge in [-0.25, -0.2) is 0 Å². The average Bonchev–Trinajstić information content (AvgIpc) is 3.24. The van der Waals surface area contributed by atoms with Crippen molar-refractivity contribution in [3.05, 3.63) is 58.7 Å². The molecule has 48 heavy (non-hydrogen) atoms. The van der Waals surface area contributed by atoms with Crippen LogP contribution in [-0.2, 0) is 0 Å². The first-order chi connectivity index (χ1) is 21.8. The van der Waals surface area contributed by atoms with Crippen LogP contribution in [0.1, 0.15) is 170 Å². The van der Waals surface area contributed by atoms with E-state index in [1.54, 1.807) is 11.4 Å². The molecule has 8 heteroatoms. The van der Waals surface area contributed by atoms with Crippen LogP contribution >= 0.6 is 0 Å². The quantitative estimate of drug-likeness (QED) is 0.184. The fraction of sp³-hybridized carbons (Fsp3) is 0.650. The van der Waals surface area contributed by atoms with E-state index in [4.69, 9.17) is 0 Å². The van der Waals surface area contributed by atoms with Crippen LogP contribution in [0, 0.1) is 10.8 Å². The van der Waals surface area contributed by atoms with Crippen molar-refractivity contribution < 1.29 is 9.15 Å². The summed E-state index contributed by atoms with van der Waals surface area (Å²) >= 11 is 9.47. The molecule has 0 amide bonds. The number of benzene rings is 2. The van der Waals surface area contributed by atoms with E-state index < -0.39 is 7.78 Å². The Labute approximate surface area is 322 Å². The van der Waals surface area contributed by atoms with Gasteiger partial charge in [0.25, 0.3) is 0 Å². The second-order valence-corrected chi connectivity index (χ2v) is 77.8. The molecule has 0 radical (unpaired) electrons. The first kappa shape index (κ1) is 39.5. The van der Waals surface area contributed by atoms with Crippen LogP contribution in [0.25, 0.3) is 0 Å². The first-order valence-corrected chi connectivity index (χ1v) is 37.1. The fourth-order valence-corrected chi connectivity index (χ4v) is 217. The summed E-state index contributed by atoms with van der Waals surface area (Å²) in [5, 5.41) is 3.67. The molecule has 264 valence electrons. The van der Waals surface area contributed by atoms with E-state index in [1.165, 1.54) is 35.1 Å². The van der Waals surface area contributed by atoms with Crippen molar-refractivity contribution in [2.45, 2.75) is 158 Å². The Morgan fingerprint density at radius 3 is 1.00 bits per heavy atom. The van der Waals surface area contributed by atoms with E-state index >= 15 is 0 Å². The summed E-state index contributed by atoms with van der Waals surface area (Å²) in [6, 6.07) is 14.3. The molecule has 3 aliphatic heterocycles. The summed E-state index contributed by atoms with van der Waals surface area (Å²) in [6.07, 6.45) is 2.43. The second kappa shape index (κ2) is 13.0. The third-order valence-electron chi connectivity index (χ3n) is 10.9. The molecular formula is C40H62N2Se4Si2.